The fraction of sp³-hybridized carbons (Fsp3) is 0.273. The van der Waals surface area contributed by atoms with Crippen LogP contribution >= 0.6 is 11.8 Å². The summed E-state index contributed by atoms with van der Waals surface area (Å²) >= 11 is 1.71. The van der Waals surface area contributed by atoms with Gasteiger partial charge in [0.05, 0.1) is 37.3 Å². The molecule has 0 saturated carbocycles. The third kappa shape index (κ3) is 10.7. The maximum atomic E-state index is 12.6. The molecule has 0 bridgehead atoms. The van der Waals surface area contributed by atoms with Crippen LogP contribution in [0.15, 0.2) is 126 Å². The van der Waals surface area contributed by atoms with E-state index in [0.717, 1.165) is 49.8 Å². The second-order valence-corrected chi connectivity index (χ2v) is 14.3. The molecule has 0 aromatic heterocycles. The lowest BCUT2D eigenvalue weighted by atomic mass is 9.99. The monoisotopic (exact) mass is 745 g/mol. The molecule has 54 heavy (non-hydrogen) atoms. The van der Waals surface area contributed by atoms with Crippen LogP contribution in [-0.2, 0) is 32.2 Å². The number of carbonyl (C=O) groups is 2. The van der Waals surface area contributed by atoms with E-state index in [0.29, 0.717) is 50.0 Å². The molecule has 1 heterocycles. The van der Waals surface area contributed by atoms with Crippen molar-refractivity contribution in [2.45, 2.75) is 68.6 Å². The molecular weight excluding hydrogens is 699 g/mol. The Morgan fingerprint density at radius 3 is 2.28 bits per heavy atom. The fourth-order valence-corrected chi connectivity index (χ4v) is 7.37. The average Bonchev–Trinajstić information content (AvgIpc) is 3.22. The number of thioether (sulfide) groups is 1. The van der Waals surface area contributed by atoms with Gasteiger partial charge in [0, 0.05) is 42.0 Å². The normalized spacial score (nSPS) is 16.7. The molecule has 1 aliphatic heterocycles. The maximum absolute atomic E-state index is 12.6. The third-order valence-corrected chi connectivity index (χ3v) is 10.5. The number of aliphatic hydroxyl groups excluding tert-OH is 1. The van der Waals surface area contributed by atoms with E-state index >= 15 is 0 Å². The van der Waals surface area contributed by atoms with Crippen LogP contribution in [0.25, 0.3) is 11.1 Å². The first-order valence-corrected chi connectivity index (χ1v) is 19.2. The van der Waals surface area contributed by atoms with Gasteiger partial charge in [0.1, 0.15) is 5.75 Å². The summed E-state index contributed by atoms with van der Waals surface area (Å²) in [6, 6.07) is 39.4. The van der Waals surface area contributed by atoms with Gasteiger partial charge in [-0.1, -0.05) is 91.0 Å². The van der Waals surface area contributed by atoms with E-state index in [4.69, 9.17) is 19.9 Å². The van der Waals surface area contributed by atoms with E-state index in [2.05, 4.69) is 41.0 Å². The van der Waals surface area contributed by atoms with Crippen molar-refractivity contribution < 1.29 is 28.9 Å². The predicted octanol–water partition coefficient (Wildman–Crippen LogP) is 8.59. The van der Waals surface area contributed by atoms with E-state index in [1.54, 1.807) is 31.0 Å². The molecule has 5 aromatic carbocycles. The van der Waals surface area contributed by atoms with E-state index in [-0.39, 0.29) is 30.6 Å². The molecule has 1 aliphatic rings. The second kappa shape index (κ2) is 19.3. The van der Waals surface area contributed by atoms with E-state index in [1.807, 2.05) is 78.9 Å². The number of nitrogens with two attached hydrogens (primary N) is 1. The summed E-state index contributed by atoms with van der Waals surface area (Å²) in [5, 5.41) is 15.4. The van der Waals surface area contributed by atoms with Crippen LogP contribution < -0.4 is 21.1 Å². The topological polar surface area (TPSA) is 132 Å². The van der Waals surface area contributed by atoms with Gasteiger partial charge < -0.3 is 35.7 Å². The fourth-order valence-electron chi connectivity index (χ4n) is 6.32. The molecular formula is C44H47N3O6S. The Morgan fingerprint density at radius 2 is 1.52 bits per heavy atom. The van der Waals surface area contributed by atoms with Gasteiger partial charge in [0.2, 0.25) is 11.8 Å². The van der Waals surface area contributed by atoms with Crippen molar-refractivity contribution in [1.82, 2.24) is 5.32 Å². The van der Waals surface area contributed by atoms with Gasteiger partial charge in [-0.25, -0.2) is 0 Å². The maximum Gasteiger partial charge on any atom is 0.224 e. The van der Waals surface area contributed by atoms with Crippen LogP contribution in [0.5, 0.6) is 5.75 Å². The van der Waals surface area contributed by atoms with Gasteiger partial charge >= 0.3 is 0 Å². The third-order valence-electron chi connectivity index (χ3n) is 9.33. The number of hydrogen-bond acceptors (Lipinski definition) is 8. The van der Waals surface area contributed by atoms with Crippen molar-refractivity contribution >= 4 is 35.0 Å². The molecule has 0 spiro atoms. The number of nitrogens with one attached hydrogen (secondary N) is 2. The number of benzene rings is 5. The molecule has 6 rings (SSSR count). The lowest BCUT2D eigenvalue weighted by Gasteiger charge is -2.36. The number of unbranched alkanes of at least 4 members (excludes halogenated alkanes) is 1. The molecule has 1 fully saturated rings. The SMILES string of the molecule is COc1ccccc1SCC1CC(c2ccc(CO)cc2)OC(c2ccc(-c3cccc(CNC(=O)CCCCC(=O)Nc4ccccc4N)c3)cc2)O1. The molecule has 0 radical (unpaired) electrons. The molecule has 10 heteroatoms. The molecule has 3 unspecified atom stereocenters. The summed E-state index contributed by atoms with van der Waals surface area (Å²) < 4.78 is 18.7. The Kier molecular flexibility index (Phi) is 13.8. The van der Waals surface area contributed by atoms with E-state index < -0.39 is 6.29 Å². The van der Waals surface area contributed by atoms with Crippen molar-refractivity contribution in [2.24, 2.45) is 0 Å². The number of methoxy groups -OCH3 is 1. The Bertz CT molecular complexity index is 1990. The number of ether oxygens (including phenoxy) is 3. The first-order valence-electron chi connectivity index (χ1n) is 18.2. The zero-order valence-electron chi connectivity index (χ0n) is 30.4. The van der Waals surface area contributed by atoms with E-state index in [9.17, 15) is 14.7 Å². The minimum absolute atomic E-state index is 0.00479. The highest BCUT2D eigenvalue weighted by Crippen LogP contribution is 2.41. The van der Waals surface area contributed by atoms with Crippen molar-refractivity contribution in [1.29, 1.82) is 0 Å². The van der Waals surface area contributed by atoms with Gasteiger partial charge in [-0.2, -0.15) is 0 Å². The first-order chi connectivity index (χ1) is 26.4. The van der Waals surface area contributed by atoms with Crippen LogP contribution in [0.1, 0.15) is 66.8 Å². The van der Waals surface area contributed by atoms with Crippen molar-refractivity contribution in [3.05, 3.63) is 144 Å². The zero-order valence-corrected chi connectivity index (χ0v) is 31.2. The summed E-state index contributed by atoms with van der Waals surface area (Å²) in [5.74, 6) is 1.41. The highest BCUT2D eigenvalue weighted by atomic mass is 32.2. The number of para-hydroxylation sites is 3. The van der Waals surface area contributed by atoms with Crippen LogP contribution in [0, 0.1) is 0 Å². The standard InChI is InChI=1S/C44H47N3O6S/c1-51-39-13-4-5-14-41(39)54-29-36-26-40(33-19-17-30(28-48)18-20-33)53-44(52-36)34-23-21-32(22-24-34)35-10-8-9-31(25-35)27-46-42(49)15-6-7-16-43(50)47-38-12-3-2-11-37(38)45/h2-5,8-14,17-25,36,40,44,48H,6-7,15-16,26-29,45H2,1H3,(H,46,49)(H,47,50). The van der Waals surface area contributed by atoms with E-state index in [1.165, 1.54) is 0 Å². The van der Waals surface area contributed by atoms with Crippen LogP contribution in [-0.4, -0.2) is 35.9 Å². The number of anilines is 2. The summed E-state index contributed by atoms with van der Waals surface area (Å²) in [6.07, 6.45) is 1.78. The molecule has 0 aliphatic carbocycles. The number of carbonyl (C=O) groups excluding carboxylic acids is 2. The highest BCUT2D eigenvalue weighted by molar-refractivity contribution is 7.99. The molecule has 2 amide bonds. The summed E-state index contributed by atoms with van der Waals surface area (Å²) in [7, 11) is 1.68. The quantitative estimate of drug-likeness (QED) is 0.0449. The smallest absolute Gasteiger partial charge is 0.224 e. The highest BCUT2D eigenvalue weighted by Gasteiger charge is 2.32. The lowest BCUT2D eigenvalue weighted by molar-refractivity contribution is -0.245. The summed E-state index contributed by atoms with van der Waals surface area (Å²) in [5.41, 5.74) is 12.9. The molecule has 9 nitrogen and oxygen atoms in total. The molecule has 5 N–H and O–H groups in total. The zero-order chi connectivity index (χ0) is 37.7. The van der Waals surface area contributed by atoms with Crippen LogP contribution in [0.2, 0.25) is 0 Å². The lowest BCUT2D eigenvalue weighted by Crippen LogP contribution is -2.31. The minimum atomic E-state index is -0.558. The van der Waals surface area contributed by atoms with Gasteiger partial charge in [0.25, 0.3) is 0 Å². The number of aliphatic hydroxyl groups is 1. The van der Waals surface area contributed by atoms with Crippen molar-refractivity contribution in [2.75, 3.05) is 23.9 Å². The predicted molar refractivity (Wildman–Crippen MR) is 214 cm³/mol. The Hall–Kier alpha value is -5.13. The van der Waals surface area contributed by atoms with Gasteiger partial charge in [-0.3, -0.25) is 9.59 Å². The Morgan fingerprint density at radius 1 is 0.796 bits per heavy atom. The van der Waals surface area contributed by atoms with Crippen LogP contribution in [0.3, 0.4) is 0 Å². The van der Waals surface area contributed by atoms with Crippen molar-refractivity contribution in [3.63, 3.8) is 0 Å². The van der Waals surface area contributed by atoms with Crippen molar-refractivity contribution in [3.8, 4) is 16.9 Å². The number of rotatable bonds is 16. The van der Waals surface area contributed by atoms with Gasteiger partial charge in [-0.05, 0) is 71.0 Å². The Labute approximate surface area is 321 Å². The average molecular weight is 746 g/mol. The molecule has 1 saturated heterocycles. The summed E-state index contributed by atoms with van der Waals surface area (Å²) in [6.45, 7) is 0.409. The van der Waals surface area contributed by atoms with Gasteiger partial charge in [-0.15, -0.1) is 11.8 Å². The number of nitrogen functional groups attached to an aromatic ring is 1. The molecule has 5 aromatic rings. The molecule has 3 atom stereocenters. The Balaban J connectivity index is 1.03. The minimum Gasteiger partial charge on any atom is -0.496 e. The summed E-state index contributed by atoms with van der Waals surface area (Å²) in [4.78, 5) is 25.9. The second-order valence-electron chi connectivity index (χ2n) is 13.3. The largest absolute Gasteiger partial charge is 0.496 e. The number of amides is 2. The van der Waals surface area contributed by atoms with Crippen LogP contribution in [0.4, 0.5) is 11.4 Å². The molecule has 280 valence electrons. The first kappa shape index (κ1) is 38.6. The number of hydrogen-bond donors (Lipinski definition) is 4. The van der Waals surface area contributed by atoms with Gasteiger partial charge in [0.15, 0.2) is 6.29 Å².